The summed E-state index contributed by atoms with van der Waals surface area (Å²) < 4.78 is 33.2. The summed E-state index contributed by atoms with van der Waals surface area (Å²) in [7, 11) is -4.39. The van der Waals surface area contributed by atoms with Gasteiger partial charge in [-0.1, -0.05) is 323 Å². The average molecular weight is 1170 g/mol. The summed E-state index contributed by atoms with van der Waals surface area (Å²) in [5.41, 5.74) is 5.40. The number of allylic oxidation sites excluding steroid dienone is 16. The number of phosphoric acid groups is 1. The van der Waals surface area contributed by atoms with Crippen LogP contribution in [0.2, 0.25) is 0 Å². The van der Waals surface area contributed by atoms with Gasteiger partial charge in [0.2, 0.25) is 0 Å². The maximum Gasteiger partial charge on any atom is 0.472 e. The largest absolute Gasteiger partial charge is 0.472 e. The van der Waals surface area contributed by atoms with E-state index in [1.165, 1.54) is 193 Å². The SMILES string of the molecule is CC/C=C\C/C=C\C/C=C\C/C=C\C/C=C\C/C=C\C/C=C\C/C=C\CCCCCCCCCCCCCCCCC(=O)OC(COC(=O)CCCCCCCCCCCCCCCCCCCCCCCC)COP(=O)(O)OCCN. The summed E-state index contributed by atoms with van der Waals surface area (Å²) in [6, 6.07) is 0. The van der Waals surface area contributed by atoms with Crippen LogP contribution in [0.25, 0.3) is 0 Å². The zero-order valence-electron chi connectivity index (χ0n) is 53.2. The highest BCUT2D eigenvalue weighted by Crippen LogP contribution is 2.43. The van der Waals surface area contributed by atoms with Crippen molar-refractivity contribution in [3.63, 3.8) is 0 Å². The van der Waals surface area contributed by atoms with E-state index >= 15 is 0 Å². The van der Waals surface area contributed by atoms with Crippen LogP contribution in [-0.4, -0.2) is 49.3 Å². The van der Waals surface area contributed by atoms with E-state index in [0.717, 1.165) is 89.9 Å². The second-order valence-corrected chi connectivity index (χ2v) is 24.1. The first kappa shape index (κ1) is 78.9. The zero-order valence-corrected chi connectivity index (χ0v) is 54.1. The molecule has 0 radical (unpaired) electrons. The number of carbonyl (C=O) groups excluding carboxylic acids is 2. The number of esters is 2. The molecule has 0 aromatic heterocycles. The van der Waals surface area contributed by atoms with Crippen molar-refractivity contribution in [2.75, 3.05) is 26.4 Å². The molecule has 474 valence electrons. The standard InChI is InChI=1S/C72H128NO8P/c1-3-5-7-9-11-13-15-17-19-21-23-25-27-28-29-30-31-32-33-34-35-36-37-38-39-40-41-42-43-45-47-49-51-53-55-57-59-61-63-65-72(75)81-70(69-80-82(76,77)79-67-66-73)68-78-71(74)64-62-60-58-56-54-52-50-48-46-44-26-24-22-20-18-16-14-12-10-8-6-4-2/h5,7,11,13,17,19,23,25,28-29,31-32,34-35,37-38,70H,3-4,6,8-10,12,14-16,18,20-22,24,26-27,30,33,36,39-69,73H2,1-2H3,(H,76,77)/b7-5-,13-11-,19-17-,25-23-,29-28-,32-31-,35-34-,38-37-. The van der Waals surface area contributed by atoms with Gasteiger partial charge in [0.25, 0.3) is 0 Å². The van der Waals surface area contributed by atoms with Crippen molar-refractivity contribution in [2.24, 2.45) is 5.73 Å². The molecule has 9 nitrogen and oxygen atoms in total. The minimum atomic E-state index is -4.39. The molecule has 2 atom stereocenters. The Morgan fingerprint density at radius 1 is 0.378 bits per heavy atom. The molecule has 0 aliphatic rings. The maximum absolute atomic E-state index is 12.8. The van der Waals surface area contributed by atoms with Crippen LogP contribution in [0.15, 0.2) is 97.2 Å². The molecule has 0 fully saturated rings. The fraction of sp³-hybridized carbons (Fsp3) is 0.750. The van der Waals surface area contributed by atoms with Crippen molar-refractivity contribution < 1.29 is 37.6 Å². The smallest absolute Gasteiger partial charge is 0.462 e. The normalized spacial score (nSPS) is 13.6. The van der Waals surface area contributed by atoms with Crippen LogP contribution >= 0.6 is 7.82 Å². The summed E-state index contributed by atoms with van der Waals surface area (Å²) in [6.07, 6.45) is 90.6. The van der Waals surface area contributed by atoms with E-state index in [4.69, 9.17) is 24.3 Å². The monoisotopic (exact) mass is 1170 g/mol. The van der Waals surface area contributed by atoms with Crippen LogP contribution in [0.4, 0.5) is 0 Å². The van der Waals surface area contributed by atoms with Gasteiger partial charge in [-0.25, -0.2) is 4.57 Å². The van der Waals surface area contributed by atoms with Crippen LogP contribution in [0.5, 0.6) is 0 Å². The van der Waals surface area contributed by atoms with Crippen LogP contribution in [0.3, 0.4) is 0 Å². The first-order chi connectivity index (χ1) is 40.3. The first-order valence-corrected chi connectivity index (χ1v) is 35.7. The number of ether oxygens (including phenoxy) is 2. The lowest BCUT2D eigenvalue weighted by Crippen LogP contribution is -2.29. The molecule has 0 bridgehead atoms. The van der Waals surface area contributed by atoms with E-state index in [9.17, 15) is 19.0 Å². The van der Waals surface area contributed by atoms with Crippen LogP contribution in [0, 0.1) is 0 Å². The molecule has 10 heteroatoms. The fourth-order valence-corrected chi connectivity index (χ4v) is 10.5. The van der Waals surface area contributed by atoms with E-state index in [-0.39, 0.29) is 38.6 Å². The molecule has 0 amide bonds. The van der Waals surface area contributed by atoms with Gasteiger partial charge in [0.05, 0.1) is 13.2 Å². The molecular weight excluding hydrogens is 1040 g/mol. The Bertz CT molecular complexity index is 1660. The van der Waals surface area contributed by atoms with Crippen molar-refractivity contribution in [2.45, 2.75) is 322 Å². The number of hydrogen-bond acceptors (Lipinski definition) is 8. The molecule has 0 saturated heterocycles. The number of nitrogens with two attached hydrogens (primary N) is 1. The Kier molecular flexibility index (Phi) is 64.6. The summed E-state index contributed by atoms with van der Waals surface area (Å²) in [6.45, 7) is 3.67. The van der Waals surface area contributed by atoms with Gasteiger partial charge in [-0.05, 0) is 77.0 Å². The molecule has 0 rings (SSSR count). The number of phosphoric ester groups is 1. The molecule has 0 aromatic carbocycles. The summed E-state index contributed by atoms with van der Waals surface area (Å²) in [5.74, 6) is -0.816. The molecule has 0 spiro atoms. The van der Waals surface area contributed by atoms with Gasteiger partial charge in [-0.3, -0.25) is 18.6 Å². The van der Waals surface area contributed by atoms with Gasteiger partial charge in [-0.2, -0.15) is 0 Å². The van der Waals surface area contributed by atoms with E-state index < -0.39 is 26.5 Å². The average Bonchev–Trinajstić information content (AvgIpc) is 3.48. The summed E-state index contributed by atoms with van der Waals surface area (Å²) in [4.78, 5) is 35.3. The Hall–Kier alpha value is -3.07. The quantitative estimate of drug-likeness (QED) is 0.0264. The molecule has 0 saturated carbocycles. The molecular formula is C72H128NO8P. The highest BCUT2D eigenvalue weighted by atomic mass is 31.2. The van der Waals surface area contributed by atoms with Crippen LogP contribution in [0.1, 0.15) is 316 Å². The van der Waals surface area contributed by atoms with Gasteiger partial charge in [0.1, 0.15) is 6.61 Å². The van der Waals surface area contributed by atoms with Gasteiger partial charge in [-0.15, -0.1) is 0 Å². The number of hydrogen-bond donors (Lipinski definition) is 2. The van der Waals surface area contributed by atoms with Crippen molar-refractivity contribution in [3.8, 4) is 0 Å². The maximum atomic E-state index is 12.8. The highest BCUT2D eigenvalue weighted by Gasteiger charge is 2.26. The molecule has 3 N–H and O–H groups in total. The second kappa shape index (κ2) is 67.1. The van der Waals surface area contributed by atoms with Gasteiger partial charge >= 0.3 is 19.8 Å². The molecule has 0 aromatic rings. The third-order valence-electron chi connectivity index (χ3n) is 14.7. The summed E-state index contributed by atoms with van der Waals surface area (Å²) in [5, 5.41) is 0. The van der Waals surface area contributed by atoms with Crippen LogP contribution < -0.4 is 5.73 Å². The Labute approximate surface area is 506 Å². The molecule has 0 aliphatic heterocycles. The predicted octanol–water partition coefficient (Wildman–Crippen LogP) is 22.4. The molecule has 2 unspecified atom stereocenters. The summed E-state index contributed by atoms with van der Waals surface area (Å²) >= 11 is 0. The first-order valence-electron chi connectivity index (χ1n) is 34.2. The second-order valence-electron chi connectivity index (χ2n) is 22.7. The molecule has 0 heterocycles. The molecule has 0 aliphatic carbocycles. The van der Waals surface area contributed by atoms with E-state index in [1.54, 1.807) is 0 Å². The van der Waals surface area contributed by atoms with Crippen LogP contribution in [-0.2, 0) is 32.7 Å². The molecule has 82 heavy (non-hydrogen) atoms. The van der Waals surface area contributed by atoms with E-state index in [2.05, 4.69) is 111 Å². The lowest BCUT2D eigenvalue weighted by molar-refractivity contribution is -0.161. The van der Waals surface area contributed by atoms with Crippen molar-refractivity contribution in [1.29, 1.82) is 0 Å². The van der Waals surface area contributed by atoms with Gasteiger partial charge in [0, 0.05) is 19.4 Å². The van der Waals surface area contributed by atoms with Crippen molar-refractivity contribution in [1.82, 2.24) is 0 Å². The zero-order chi connectivity index (χ0) is 59.4. The van der Waals surface area contributed by atoms with Crippen molar-refractivity contribution in [3.05, 3.63) is 97.2 Å². The Balaban J connectivity index is 3.88. The number of carbonyl (C=O) groups is 2. The van der Waals surface area contributed by atoms with Crippen molar-refractivity contribution >= 4 is 19.8 Å². The lowest BCUT2D eigenvalue weighted by atomic mass is 10.0. The minimum Gasteiger partial charge on any atom is -0.462 e. The topological polar surface area (TPSA) is 134 Å². The highest BCUT2D eigenvalue weighted by molar-refractivity contribution is 7.47. The van der Waals surface area contributed by atoms with E-state index in [0.29, 0.717) is 6.42 Å². The third-order valence-corrected chi connectivity index (χ3v) is 15.7. The minimum absolute atomic E-state index is 0.0523. The Morgan fingerprint density at radius 3 is 1.00 bits per heavy atom. The third kappa shape index (κ3) is 66.1. The lowest BCUT2D eigenvalue weighted by Gasteiger charge is -2.19. The number of rotatable bonds is 64. The van der Waals surface area contributed by atoms with Gasteiger partial charge < -0.3 is 20.1 Å². The van der Waals surface area contributed by atoms with E-state index in [1.807, 2.05) is 0 Å². The fourth-order valence-electron chi connectivity index (χ4n) is 9.71. The predicted molar refractivity (Wildman–Crippen MR) is 353 cm³/mol. The Morgan fingerprint density at radius 2 is 0.671 bits per heavy atom. The van der Waals surface area contributed by atoms with Gasteiger partial charge in [0.15, 0.2) is 6.10 Å². The number of unbranched alkanes of at least 4 members (excludes halogenated alkanes) is 35.